The van der Waals surface area contributed by atoms with Crippen LogP contribution in [-0.2, 0) is 4.74 Å². The Morgan fingerprint density at radius 1 is 1.14 bits per heavy atom. The third-order valence-electron chi connectivity index (χ3n) is 3.53. The first-order chi connectivity index (χ1) is 10.2. The zero-order valence-corrected chi connectivity index (χ0v) is 14.7. The molecule has 0 radical (unpaired) electrons. The molecule has 0 aromatic heterocycles. The molecule has 1 aromatic rings. The summed E-state index contributed by atoms with van der Waals surface area (Å²) >= 11 is 0. The Bertz CT molecular complexity index is 459. The highest BCUT2D eigenvalue weighted by Gasteiger charge is 2.16. The van der Waals surface area contributed by atoms with E-state index >= 15 is 0 Å². The number of hydrogen-bond donors (Lipinski definition) is 2. The van der Waals surface area contributed by atoms with Crippen LogP contribution in [0.3, 0.4) is 0 Å². The quantitative estimate of drug-likeness (QED) is 0.788. The molecule has 124 valence electrons. The number of carbonyl (C=O) groups is 1. The number of hydrogen-bond acceptors (Lipinski definition) is 3. The lowest BCUT2D eigenvalue weighted by atomic mass is 10.1. The van der Waals surface area contributed by atoms with Gasteiger partial charge in [-0.2, -0.15) is 0 Å². The Hall–Kier alpha value is -1.55. The smallest absolute Gasteiger partial charge is 0.412 e. The van der Waals surface area contributed by atoms with E-state index in [9.17, 15) is 4.79 Å². The summed E-state index contributed by atoms with van der Waals surface area (Å²) < 4.78 is 5.24. The summed E-state index contributed by atoms with van der Waals surface area (Å²) in [5.41, 5.74) is 1.46. The molecule has 0 fully saturated rings. The van der Waals surface area contributed by atoms with Crippen molar-refractivity contribution in [3.05, 3.63) is 29.8 Å². The number of carbonyl (C=O) groups excluding carboxylic acids is 1. The van der Waals surface area contributed by atoms with Gasteiger partial charge in [0.25, 0.3) is 0 Å². The van der Waals surface area contributed by atoms with E-state index in [2.05, 4.69) is 31.4 Å². The average molecular weight is 306 g/mol. The van der Waals surface area contributed by atoms with Crippen molar-refractivity contribution in [1.82, 2.24) is 5.32 Å². The molecule has 0 aliphatic rings. The van der Waals surface area contributed by atoms with Gasteiger partial charge in [-0.25, -0.2) is 4.79 Å². The first kappa shape index (κ1) is 18.5. The van der Waals surface area contributed by atoms with Crippen LogP contribution >= 0.6 is 0 Å². The van der Waals surface area contributed by atoms with Crippen molar-refractivity contribution < 1.29 is 9.53 Å². The van der Waals surface area contributed by atoms with Crippen LogP contribution in [0.1, 0.15) is 66.0 Å². The minimum absolute atomic E-state index is 0.292. The molecular formula is C18H30N2O2. The molecule has 1 atom stereocenters. The molecule has 0 bridgehead atoms. The zero-order chi connectivity index (χ0) is 16.8. The third-order valence-corrected chi connectivity index (χ3v) is 3.53. The molecule has 0 aliphatic heterocycles. The van der Waals surface area contributed by atoms with Crippen LogP contribution in [-0.4, -0.2) is 17.7 Å². The maximum absolute atomic E-state index is 11.7. The van der Waals surface area contributed by atoms with Crippen LogP contribution in [0.2, 0.25) is 0 Å². The van der Waals surface area contributed by atoms with Gasteiger partial charge >= 0.3 is 6.09 Å². The highest BCUT2D eigenvalue weighted by atomic mass is 16.6. The van der Waals surface area contributed by atoms with Crippen molar-refractivity contribution in [3.63, 3.8) is 0 Å². The van der Waals surface area contributed by atoms with Crippen LogP contribution in [0.15, 0.2) is 24.3 Å². The number of anilines is 1. The number of rotatable bonds is 6. The number of benzene rings is 1. The molecule has 22 heavy (non-hydrogen) atoms. The van der Waals surface area contributed by atoms with Gasteiger partial charge in [0.1, 0.15) is 5.60 Å². The first-order valence-electron chi connectivity index (χ1n) is 8.11. The number of amides is 1. The summed E-state index contributed by atoms with van der Waals surface area (Å²) in [7, 11) is 0. The largest absolute Gasteiger partial charge is 0.444 e. The highest BCUT2D eigenvalue weighted by molar-refractivity contribution is 5.84. The summed E-state index contributed by atoms with van der Waals surface area (Å²) in [5.74, 6) is 0. The van der Waals surface area contributed by atoms with E-state index < -0.39 is 11.7 Å². The minimum atomic E-state index is -0.488. The lowest BCUT2D eigenvalue weighted by Crippen LogP contribution is -2.30. The van der Waals surface area contributed by atoms with Gasteiger partial charge in [0.2, 0.25) is 0 Å². The first-order valence-corrected chi connectivity index (χ1v) is 8.11. The molecule has 0 aliphatic carbocycles. The molecule has 0 spiro atoms. The van der Waals surface area contributed by atoms with E-state index in [0.717, 1.165) is 18.5 Å². The Balaban J connectivity index is 2.61. The third kappa shape index (κ3) is 6.48. The maximum atomic E-state index is 11.7. The molecular weight excluding hydrogens is 276 g/mol. The van der Waals surface area contributed by atoms with Crippen LogP contribution in [0.25, 0.3) is 0 Å². The van der Waals surface area contributed by atoms with E-state index in [1.807, 2.05) is 45.0 Å². The predicted octanol–water partition coefficient (Wildman–Crippen LogP) is 4.87. The summed E-state index contributed by atoms with van der Waals surface area (Å²) in [4.78, 5) is 11.7. The normalized spacial score (nSPS) is 13.0. The van der Waals surface area contributed by atoms with Gasteiger partial charge < -0.3 is 10.1 Å². The fourth-order valence-electron chi connectivity index (χ4n) is 2.25. The van der Waals surface area contributed by atoms with E-state index in [0.29, 0.717) is 12.1 Å². The summed E-state index contributed by atoms with van der Waals surface area (Å²) in [5, 5.41) is 6.36. The second-order valence-electron chi connectivity index (χ2n) is 6.65. The van der Waals surface area contributed by atoms with Crippen molar-refractivity contribution in [3.8, 4) is 0 Å². The minimum Gasteiger partial charge on any atom is -0.444 e. The molecule has 0 saturated heterocycles. The Labute approximate surface area is 134 Å². The lowest BCUT2D eigenvalue weighted by molar-refractivity contribution is 0.0636. The van der Waals surface area contributed by atoms with Gasteiger partial charge in [0, 0.05) is 17.8 Å². The molecule has 0 heterocycles. The standard InChI is InChI=1S/C18H30N2O2/c1-7-15(8-2)19-13(3)14-9-11-16(12-10-14)20-17(21)22-18(4,5)6/h9-13,15,19H,7-8H2,1-6H3,(H,20,21). The van der Waals surface area contributed by atoms with Crippen molar-refractivity contribution in [1.29, 1.82) is 0 Å². The average Bonchev–Trinajstić information content (AvgIpc) is 2.43. The van der Waals surface area contributed by atoms with E-state index in [1.54, 1.807) is 0 Å². The van der Waals surface area contributed by atoms with Crippen LogP contribution < -0.4 is 10.6 Å². The number of ether oxygens (including phenoxy) is 1. The molecule has 0 saturated carbocycles. The fourth-order valence-corrected chi connectivity index (χ4v) is 2.25. The van der Waals surface area contributed by atoms with Gasteiger partial charge in [0.05, 0.1) is 0 Å². The van der Waals surface area contributed by atoms with Crippen LogP contribution in [0.4, 0.5) is 10.5 Å². The Kier molecular flexibility index (Phi) is 6.88. The molecule has 2 N–H and O–H groups in total. The van der Waals surface area contributed by atoms with Gasteiger partial charge in [-0.1, -0.05) is 26.0 Å². The summed E-state index contributed by atoms with van der Waals surface area (Å²) in [6.45, 7) is 12.1. The summed E-state index contributed by atoms with van der Waals surface area (Å²) in [6, 6.07) is 8.71. The van der Waals surface area contributed by atoms with E-state index in [1.165, 1.54) is 5.56 Å². The molecule has 1 rings (SSSR count). The van der Waals surface area contributed by atoms with E-state index in [4.69, 9.17) is 4.74 Å². The molecule has 1 aromatic carbocycles. The monoisotopic (exact) mass is 306 g/mol. The summed E-state index contributed by atoms with van der Waals surface area (Å²) in [6.07, 6.45) is 1.82. The topological polar surface area (TPSA) is 50.4 Å². The Morgan fingerprint density at radius 3 is 2.14 bits per heavy atom. The molecule has 4 heteroatoms. The second kappa shape index (κ2) is 8.18. The van der Waals surface area contributed by atoms with Gasteiger partial charge in [-0.3, -0.25) is 5.32 Å². The maximum Gasteiger partial charge on any atom is 0.412 e. The SMILES string of the molecule is CCC(CC)NC(C)c1ccc(NC(=O)OC(C)(C)C)cc1. The van der Waals surface area contributed by atoms with Crippen LogP contribution in [0.5, 0.6) is 0 Å². The predicted molar refractivity (Wildman–Crippen MR) is 92.2 cm³/mol. The van der Waals surface area contributed by atoms with Crippen molar-refractivity contribution in [2.45, 2.75) is 72.1 Å². The van der Waals surface area contributed by atoms with Gasteiger partial charge in [-0.05, 0) is 58.2 Å². The highest BCUT2D eigenvalue weighted by Crippen LogP contribution is 2.18. The van der Waals surface area contributed by atoms with E-state index in [-0.39, 0.29) is 0 Å². The molecule has 4 nitrogen and oxygen atoms in total. The van der Waals surface area contributed by atoms with Crippen molar-refractivity contribution >= 4 is 11.8 Å². The van der Waals surface area contributed by atoms with Crippen molar-refractivity contribution in [2.24, 2.45) is 0 Å². The van der Waals surface area contributed by atoms with Gasteiger partial charge in [0.15, 0.2) is 0 Å². The number of nitrogens with one attached hydrogen (secondary N) is 2. The van der Waals surface area contributed by atoms with Crippen molar-refractivity contribution in [2.75, 3.05) is 5.32 Å². The fraction of sp³-hybridized carbons (Fsp3) is 0.611. The lowest BCUT2D eigenvalue weighted by Gasteiger charge is -2.22. The molecule has 1 unspecified atom stereocenters. The van der Waals surface area contributed by atoms with Gasteiger partial charge in [-0.15, -0.1) is 0 Å². The molecule has 1 amide bonds. The second-order valence-corrected chi connectivity index (χ2v) is 6.65. The van der Waals surface area contributed by atoms with Crippen LogP contribution in [0, 0.1) is 0 Å². The Morgan fingerprint density at radius 2 is 1.68 bits per heavy atom. The zero-order valence-electron chi connectivity index (χ0n) is 14.7.